The van der Waals surface area contributed by atoms with Crippen LogP contribution < -0.4 is 0 Å². The van der Waals surface area contributed by atoms with E-state index in [1.807, 2.05) is 25.1 Å². The Kier molecular flexibility index (Phi) is 6.11. The first kappa shape index (κ1) is 20.5. The van der Waals surface area contributed by atoms with Crippen LogP contribution in [0.25, 0.3) is 20.7 Å². The molecule has 0 N–H and O–H groups in total. The number of fused-ring (bicyclic) bond motifs is 1. The van der Waals surface area contributed by atoms with Crippen molar-refractivity contribution in [1.82, 2.24) is 14.9 Å². The summed E-state index contributed by atoms with van der Waals surface area (Å²) in [6.07, 6.45) is 0. The fourth-order valence-corrected chi connectivity index (χ4v) is 5.18. The van der Waals surface area contributed by atoms with Crippen molar-refractivity contribution in [2.75, 3.05) is 12.8 Å². The van der Waals surface area contributed by atoms with E-state index in [-0.39, 0.29) is 17.5 Å². The minimum Gasteiger partial charge on any atom is -0.341 e. The van der Waals surface area contributed by atoms with Crippen molar-refractivity contribution in [1.29, 1.82) is 0 Å². The molecule has 0 fully saturated rings. The Balaban J connectivity index is 1.49. The van der Waals surface area contributed by atoms with Gasteiger partial charge in [-0.25, -0.2) is 14.4 Å². The van der Waals surface area contributed by atoms with Gasteiger partial charge in [0, 0.05) is 23.9 Å². The molecular weight excluding hydrogens is 417 g/mol. The predicted octanol–water partition coefficient (Wildman–Crippen LogP) is 5.56. The maximum Gasteiger partial charge on any atom is 0.233 e. The van der Waals surface area contributed by atoms with Gasteiger partial charge in [-0.2, -0.15) is 0 Å². The second-order valence-corrected chi connectivity index (χ2v) is 8.93. The van der Waals surface area contributed by atoms with Gasteiger partial charge in [0.15, 0.2) is 0 Å². The van der Waals surface area contributed by atoms with Crippen LogP contribution in [-0.4, -0.2) is 33.6 Å². The average Bonchev–Trinajstić information content (AvgIpc) is 3.18. The summed E-state index contributed by atoms with van der Waals surface area (Å²) in [5.41, 5.74) is 2.03. The summed E-state index contributed by atoms with van der Waals surface area (Å²) in [7, 11) is 1.76. The monoisotopic (exact) mass is 437 g/mol. The van der Waals surface area contributed by atoms with E-state index in [0.29, 0.717) is 12.4 Å². The summed E-state index contributed by atoms with van der Waals surface area (Å²) in [6, 6.07) is 18.5. The number of thioether (sulfide) groups is 1. The van der Waals surface area contributed by atoms with E-state index in [1.54, 1.807) is 35.4 Å². The highest BCUT2D eigenvalue weighted by Crippen LogP contribution is 2.36. The number of rotatable bonds is 6. The molecule has 0 saturated carbocycles. The van der Waals surface area contributed by atoms with E-state index in [2.05, 4.69) is 28.2 Å². The Morgan fingerprint density at radius 2 is 1.83 bits per heavy atom. The lowest BCUT2D eigenvalue weighted by Crippen LogP contribution is -2.27. The Bertz CT molecular complexity index is 1180. The molecule has 4 rings (SSSR count). The Morgan fingerprint density at radius 3 is 2.57 bits per heavy atom. The van der Waals surface area contributed by atoms with Gasteiger partial charge in [-0.15, -0.1) is 11.3 Å². The lowest BCUT2D eigenvalue weighted by atomic mass is 10.2. The van der Waals surface area contributed by atoms with Gasteiger partial charge >= 0.3 is 0 Å². The number of nitrogens with zero attached hydrogens (tertiary/aromatic N) is 3. The van der Waals surface area contributed by atoms with Gasteiger partial charge in [0.05, 0.1) is 5.75 Å². The molecule has 0 aliphatic carbocycles. The summed E-state index contributed by atoms with van der Waals surface area (Å²) in [5, 5.41) is 1.79. The molecule has 7 heteroatoms. The van der Waals surface area contributed by atoms with Gasteiger partial charge in [0.2, 0.25) is 5.91 Å². The van der Waals surface area contributed by atoms with E-state index in [0.717, 1.165) is 31.2 Å². The van der Waals surface area contributed by atoms with Crippen molar-refractivity contribution in [3.05, 3.63) is 77.9 Å². The highest BCUT2D eigenvalue weighted by atomic mass is 32.2. The van der Waals surface area contributed by atoms with E-state index in [1.165, 1.54) is 23.9 Å². The average molecular weight is 438 g/mol. The minimum absolute atomic E-state index is 0.00717. The second-order valence-electron chi connectivity index (χ2n) is 6.94. The molecule has 0 aliphatic heterocycles. The molecule has 4 aromatic rings. The van der Waals surface area contributed by atoms with Gasteiger partial charge in [0.25, 0.3) is 0 Å². The number of hydrogen-bond acceptors (Lipinski definition) is 5. The quantitative estimate of drug-likeness (QED) is 0.293. The van der Waals surface area contributed by atoms with Crippen LogP contribution in [0.5, 0.6) is 0 Å². The summed E-state index contributed by atoms with van der Waals surface area (Å²) >= 11 is 3.06. The van der Waals surface area contributed by atoms with Crippen molar-refractivity contribution in [2.45, 2.75) is 18.5 Å². The molecule has 0 aliphatic rings. The van der Waals surface area contributed by atoms with Crippen molar-refractivity contribution in [2.24, 2.45) is 0 Å². The van der Waals surface area contributed by atoms with Crippen LogP contribution in [0.4, 0.5) is 4.39 Å². The maximum atomic E-state index is 13.1. The first-order chi connectivity index (χ1) is 14.5. The van der Waals surface area contributed by atoms with Crippen LogP contribution in [0.15, 0.2) is 65.7 Å². The Morgan fingerprint density at radius 1 is 1.10 bits per heavy atom. The molecule has 4 nitrogen and oxygen atoms in total. The molecule has 0 atom stereocenters. The zero-order chi connectivity index (χ0) is 21.1. The van der Waals surface area contributed by atoms with E-state index < -0.39 is 0 Å². The zero-order valence-corrected chi connectivity index (χ0v) is 18.3. The highest BCUT2D eigenvalue weighted by molar-refractivity contribution is 8.00. The zero-order valence-electron chi connectivity index (χ0n) is 16.6. The number of amides is 1. The van der Waals surface area contributed by atoms with Crippen molar-refractivity contribution in [3.8, 4) is 10.4 Å². The van der Waals surface area contributed by atoms with Gasteiger partial charge in [0.1, 0.15) is 21.5 Å². The number of aryl methyl sites for hydroxylation is 1. The van der Waals surface area contributed by atoms with E-state index >= 15 is 0 Å². The molecule has 0 unspecified atom stereocenters. The first-order valence-electron chi connectivity index (χ1n) is 9.44. The summed E-state index contributed by atoms with van der Waals surface area (Å²) in [4.78, 5) is 25.5. The third-order valence-corrected chi connectivity index (χ3v) is 6.67. The topological polar surface area (TPSA) is 46.1 Å². The third kappa shape index (κ3) is 4.68. The van der Waals surface area contributed by atoms with Crippen LogP contribution in [-0.2, 0) is 11.3 Å². The minimum atomic E-state index is -0.280. The van der Waals surface area contributed by atoms with Crippen molar-refractivity contribution >= 4 is 39.2 Å². The molecule has 0 bridgehead atoms. The summed E-state index contributed by atoms with van der Waals surface area (Å²) in [6.45, 7) is 2.31. The standard InChI is InChI=1S/C23H20FN3OS2/c1-15-25-22(19-12-20(30-23(19)26-15)17-6-4-3-5-7-17)29-14-21(28)27(2)13-16-8-10-18(24)11-9-16/h3-12H,13-14H2,1-2H3. The molecule has 0 saturated heterocycles. The lowest BCUT2D eigenvalue weighted by molar-refractivity contribution is -0.127. The SMILES string of the molecule is Cc1nc(SCC(=O)N(C)Cc2ccc(F)cc2)c2cc(-c3ccccc3)sc2n1. The maximum absolute atomic E-state index is 13.1. The van der Waals surface area contributed by atoms with Crippen LogP contribution in [0.3, 0.4) is 0 Å². The van der Waals surface area contributed by atoms with E-state index in [9.17, 15) is 9.18 Å². The smallest absolute Gasteiger partial charge is 0.233 e. The highest BCUT2D eigenvalue weighted by Gasteiger charge is 2.15. The number of aromatic nitrogens is 2. The number of thiophene rings is 1. The van der Waals surface area contributed by atoms with Crippen LogP contribution in [0, 0.1) is 12.7 Å². The molecule has 152 valence electrons. The predicted molar refractivity (Wildman–Crippen MR) is 121 cm³/mol. The third-order valence-electron chi connectivity index (χ3n) is 4.62. The normalized spacial score (nSPS) is 11.0. The molecule has 0 radical (unpaired) electrons. The molecule has 2 heterocycles. The molecule has 2 aromatic carbocycles. The Hall–Kier alpha value is -2.77. The first-order valence-corrected chi connectivity index (χ1v) is 11.2. The molecule has 30 heavy (non-hydrogen) atoms. The van der Waals surface area contributed by atoms with Crippen molar-refractivity contribution in [3.63, 3.8) is 0 Å². The lowest BCUT2D eigenvalue weighted by Gasteiger charge is -2.17. The Labute approximate surface area is 182 Å². The van der Waals surface area contributed by atoms with Gasteiger partial charge < -0.3 is 4.90 Å². The number of carbonyl (C=O) groups is 1. The second kappa shape index (κ2) is 8.93. The number of benzene rings is 2. The van der Waals surface area contributed by atoms with Crippen LogP contribution in [0.1, 0.15) is 11.4 Å². The summed E-state index contributed by atoms with van der Waals surface area (Å²) < 4.78 is 13.1. The molecule has 1 amide bonds. The molecule has 2 aromatic heterocycles. The summed E-state index contributed by atoms with van der Waals surface area (Å²) in [5.74, 6) is 0.683. The number of carbonyl (C=O) groups excluding carboxylic acids is 1. The largest absolute Gasteiger partial charge is 0.341 e. The molecule has 0 spiro atoms. The van der Waals surface area contributed by atoms with Gasteiger partial charge in [-0.05, 0) is 36.2 Å². The molecular formula is C23H20FN3OS2. The number of hydrogen-bond donors (Lipinski definition) is 0. The fraction of sp³-hybridized carbons (Fsp3) is 0.174. The fourth-order valence-electron chi connectivity index (χ4n) is 3.04. The van der Waals surface area contributed by atoms with Gasteiger partial charge in [-0.1, -0.05) is 54.2 Å². The van der Waals surface area contributed by atoms with Crippen LogP contribution in [0.2, 0.25) is 0 Å². The van der Waals surface area contributed by atoms with E-state index in [4.69, 9.17) is 0 Å². The van der Waals surface area contributed by atoms with Gasteiger partial charge in [-0.3, -0.25) is 4.79 Å². The van der Waals surface area contributed by atoms with Crippen LogP contribution >= 0.6 is 23.1 Å². The number of halogens is 1. The van der Waals surface area contributed by atoms with Crippen molar-refractivity contribution < 1.29 is 9.18 Å².